The first kappa shape index (κ1) is 17.0. The molecule has 4 N–H and O–H groups in total. The fourth-order valence-corrected chi connectivity index (χ4v) is 2.42. The molecule has 1 aromatic rings. The molecule has 114 valence electrons. The number of hydrogen-bond donors (Lipinski definition) is 2. The van der Waals surface area contributed by atoms with E-state index in [1.54, 1.807) is 0 Å². The normalized spacial score (nSPS) is 13.6. The van der Waals surface area contributed by atoms with Gasteiger partial charge in [-0.05, 0) is 54.5 Å². The molecule has 1 unspecified atom stereocenters. The van der Waals surface area contributed by atoms with Gasteiger partial charge in [0.15, 0.2) is 0 Å². The van der Waals surface area contributed by atoms with Crippen LogP contribution in [-0.2, 0) is 5.41 Å². The topological polar surface area (TPSA) is 61.3 Å². The molecule has 1 aromatic carbocycles. The molecule has 0 aliphatic rings. The quantitative estimate of drug-likeness (QED) is 0.841. The zero-order chi connectivity index (χ0) is 15.3. The van der Waals surface area contributed by atoms with Crippen LogP contribution in [0.5, 0.6) is 5.75 Å². The van der Waals surface area contributed by atoms with Gasteiger partial charge in [-0.3, -0.25) is 0 Å². The minimum Gasteiger partial charge on any atom is -0.494 e. The van der Waals surface area contributed by atoms with E-state index in [4.69, 9.17) is 16.2 Å². The Balaban J connectivity index is 3.24. The highest BCUT2D eigenvalue weighted by Crippen LogP contribution is 2.35. The van der Waals surface area contributed by atoms with Gasteiger partial charge in [-0.2, -0.15) is 0 Å². The van der Waals surface area contributed by atoms with Crippen LogP contribution >= 0.6 is 0 Å². The fraction of sp³-hybridized carbons (Fsp3) is 0.647. The third-order valence-corrected chi connectivity index (χ3v) is 3.98. The van der Waals surface area contributed by atoms with E-state index < -0.39 is 0 Å². The summed E-state index contributed by atoms with van der Waals surface area (Å²) >= 11 is 0. The smallest absolute Gasteiger partial charge is 0.122 e. The maximum Gasteiger partial charge on any atom is 0.122 e. The summed E-state index contributed by atoms with van der Waals surface area (Å²) in [6.07, 6.45) is 0. The van der Waals surface area contributed by atoms with E-state index in [-0.39, 0.29) is 11.3 Å². The van der Waals surface area contributed by atoms with Crippen molar-refractivity contribution in [2.45, 2.75) is 46.0 Å². The van der Waals surface area contributed by atoms with Crippen molar-refractivity contribution in [2.75, 3.05) is 19.7 Å². The summed E-state index contributed by atoms with van der Waals surface area (Å²) in [7, 11) is 0. The lowest BCUT2D eigenvalue weighted by Crippen LogP contribution is -2.28. The van der Waals surface area contributed by atoms with Crippen LogP contribution in [0.3, 0.4) is 0 Å². The lowest BCUT2D eigenvalue weighted by Gasteiger charge is -2.27. The average Bonchev–Trinajstić information content (AvgIpc) is 2.39. The molecule has 0 aromatic heterocycles. The number of hydrogen-bond acceptors (Lipinski definition) is 3. The minimum atomic E-state index is 0.125. The van der Waals surface area contributed by atoms with Crippen LogP contribution in [0.1, 0.15) is 51.7 Å². The second-order valence-corrected chi connectivity index (χ2v) is 6.46. The summed E-state index contributed by atoms with van der Waals surface area (Å²) in [6, 6.07) is 6.50. The van der Waals surface area contributed by atoms with Crippen LogP contribution in [0.2, 0.25) is 0 Å². The fourth-order valence-electron chi connectivity index (χ4n) is 2.42. The molecule has 0 radical (unpaired) electrons. The van der Waals surface area contributed by atoms with E-state index in [0.717, 1.165) is 5.75 Å². The first-order valence-corrected chi connectivity index (χ1v) is 7.52. The lowest BCUT2D eigenvalue weighted by molar-refractivity contribution is 0.329. The SMILES string of the molecule is CCOc1ccc(C(C)(C)C)cc1C(C)C(CN)CN. The number of nitrogens with two attached hydrogens (primary N) is 2. The summed E-state index contributed by atoms with van der Waals surface area (Å²) in [5.41, 5.74) is 14.4. The van der Waals surface area contributed by atoms with Crippen LogP contribution < -0.4 is 16.2 Å². The lowest BCUT2D eigenvalue weighted by atomic mass is 9.81. The predicted octanol–water partition coefficient (Wildman–Crippen LogP) is 3.02. The van der Waals surface area contributed by atoms with Crippen molar-refractivity contribution in [3.63, 3.8) is 0 Å². The van der Waals surface area contributed by atoms with Gasteiger partial charge in [0.2, 0.25) is 0 Å². The van der Waals surface area contributed by atoms with Crippen LogP contribution in [0.25, 0.3) is 0 Å². The second-order valence-electron chi connectivity index (χ2n) is 6.46. The molecule has 3 nitrogen and oxygen atoms in total. The number of rotatable bonds is 6. The van der Waals surface area contributed by atoms with E-state index in [2.05, 4.69) is 45.9 Å². The van der Waals surface area contributed by atoms with Crippen LogP contribution in [0.4, 0.5) is 0 Å². The average molecular weight is 278 g/mol. The summed E-state index contributed by atoms with van der Waals surface area (Å²) in [5, 5.41) is 0. The number of benzene rings is 1. The molecule has 0 saturated carbocycles. The van der Waals surface area contributed by atoms with Gasteiger partial charge in [0.05, 0.1) is 6.61 Å². The van der Waals surface area contributed by atoms with Crippen molar-refractivity contribution >= 4 is 0 Å². The molecule has 0 aliphatic carbocycles. The Bertz CT molecular complexity index is 419. The van der Waals surface area contributed by atoms with Crippen molar-refractivity contribution in [1.82, 2.24) is 0 Å². The van der Waals surface area contributed by atoms with E-state index >= 15 is 0 Å². The van der Waals surface area contributed by atoms with E-state index in [0.29, 0.717) is 25.6 Å². The number of ether oxygens (including phenoxy) is 1. The largest absolute Gasteiger partial charge is 0.494 e. The van der Waals surface area contributed by atoms with Gasteiger partial charge in [-0.25, -0.2) is 0 Å². The molecule has 20 heavy (non-hydrogen) atoms. The Morgan fingerprint density at radius 2 is 1.75 bits per heavy atom. The summed E-state index contributed by atoms with van der Waals surface area (Å²) in [4.78, 5) is 0. The Labute approximate surface area is 123 Å². The van der Waals surface area contributed by atoms with Gasteiger partial charge in [0.1, 0.15) is 5.75 Å². The van der Waals surface area contributed by atoms with E-state index in [9.17, 15) is 0 Å². The second kappa shape index (κ2) is 7.09. The third-order valence-electron chi connectivity index (χ3n) is 3.98. The molecular weight excluding hydrogens is 248 g/mol. The maximum absolute atomic E-state index is 5.85. The first-order chi connectivity index (χ1) is 9.35. The van der Waals surface area contributed by atoms with Crippen LogP contribution in [-0.4, -0.2) is 19.7 Å². The molecule has 0 amide bonds. The standard InChI is InChI=1S/C17H30N2O/c1-6-20-16-8-7-14(17(3,4)5)9-15(16)12(2)13(10-18)11-19/h7-9,12-13H,6,10-11,18-19H2,1-5H3. The summed E-state index contributed by atoms with van der Waals surface area (Å²) < 4.78 is 5.78. The first-order valence-electron chi connectivity index (χ1n) is 7.52. The van der Waals surface area contributed by atoms with Crippen molar-refractivity contribution in [3.05, 3.63) is 29.3 Å². The van der Waals surface area contributed by atoms with Gasteiger partial charge in [-0.1, -0.05) is 39.8 Å². The molecule has 0 bridgehead atoms. The highest BCUT2D eigenvalue weighted by Gasteiger charge is 2.22. The van der Waals surface area contributed by atoms with Crippen molar-refractivity contribution < 1.29 is 4.74 Å². The maximum atomic E-state index is 5.85. The molecule has 3 heteroatoms. The molecule has 0 fully saturated rings. The Morgan fingerprint density at radius 1 is 1.15 bits per heavy atom. The molecule has 0 saturated heterocycles. The summed E-state index contributed by atoms with van der Waals surface area (Å²) in [5.74, 6) is 1.54. The van der Waals surface area contributed by atoms with Gasteiger partial charge in [0, 0.05) is 0 Å². The highest BCUT2D eigenvalue weighted by atomic mass is 16.5. The van der Waals surface area contributed by atoms with Crippen molar-refractivity contribution in [3.8, 4) is 5.75 Å². The van der Waals surface area contributed by atoms with Gasteiger partial charge < -0.3 is 16.2 Å². The predicted molar refractivity (Wildman–Crippen MR) is 86.3 cm³/mol. The molecule has 1 rings (SSSR count). The minimum absolute atomic E-state index is 0.125. The highest BCUT2D eigenvalue weighted by molar-refractivity contribution is 5.42. The van der Waals surface area contributed by atoms with E-state index in [1.165, 1.54) is 11.1 Å². The Hall–Kier alpha value is -1.06. The monoisotopic (exact) mass is 278 g/mol. The third kappa shape index (κ3) is 3.97. The van der Waals surface area contributed by atoms with Crippen LogP contribution in [0, 0.1) is 5.92 Å². The zero-order valence-electron chi connectivity index (χ0n) is 13.6. The van der Waals surface area contributed by atoms with Gasteiger partial charge >= 0.3 is 0 Å². The van der Waals surface area contributed by atoms with Gasteiger partial charge in [-0.15, -0.1) is 0 Å². The molecular formula is C17H30N2O. The van der Waals surface area contributed by atoms with Crippen LogP contribution in [0.15, 0.2) is 18.2 Å². The van der Waals surface area contributed by atoms with Crippen molar-refractivity contribution in [1.29, 1.82) is 0 Å². The molecule has 1 atom stereocenters. The van der Waals surface area contributed by atoms with E-state index in [1.807, 2.05) is 6.92 Å². The Kier molecular flexibility index (Phi) is 6.03. The molecule has 0 aliphatic heterocycles. The molecule has 0 heterocycles. The Morgan fingerprint density at radius 3 is 2.20 bits per heavy atom. The van der Waals surface area contributed by atoms with Gasteiger partial charge in [0.25, 0.3) is 0 Å². The summed E-state index contributed by atoms with van der Waals surface area (Å²) in [6.45, 7) is 12.7. The molecule has 0 spiro atoms. The zero-order valence-corrected chi connectivity index (χ0v) is 13.6. The van der Waals surface area contributed by atoms with Crippen molar-refractivity contribution in [2.24, 2.45) is 17.4 Å².